The summed E-state index contributed by atoms with van der Waals surface area (Å²) >= 11 is 0. The Balaban J connectivity index is 1.85. The summed E-state index contributed by atoms with van der Waals surface area (Å²) in [6, 6.07) is 8.86. The van der Waals surface area contributed by atoms with E-state index in [-0.39, 0.29) is 11.4 Å². The molecule has 0 radical (unpaired) electrons. The van der Waals surface area contributed by atoms with E-state index in [9.17, 15) is 4.39 Å². The molecule has 0 atom stereocenters. The fourth-order valence-corrected chi connectivity index (χ4v) is 4.12. The molecule has 0 amide bonds. The molecular weight excluding hydrogens is 423 g/mol. The van der Waals surface area contributed by atoms with E-state index in [0.717, 1.165) is 33.2 Å². The van der Waals surface area contributed by atoms with E-state index >= 15 is 0 Å². The highest BCUT2D eigenvalue weighted by atomic mass is 19.1. The lowest BCUT2D eigenvalue weighted by atomic mass is 10.0. The zero-order valence-electron chi connectivity index (χ0n) is 18.5. The van der Waals surface area contributed by atoms with Crippen molar-refractivity contribution in [3.05, 3.63) is 66.2 Å². The molecule has 0 saturated heterocycles. The lowest BCUT2D eigenvalue weighted by Gasteiger charge is -2.12. The summed E-state index contributed by atoms with van der Waals surface area (Å²) in [6.45, 7) is 1.88. The van der Waals surface area contributed by atoms with E-state index in [2.05, 4.69) is 15.0 Å². The van der Waals surface area contributed by atoms with Gasteiger partial charge < -0.3 is 14.0 Å². The van der Waals surface area contributed by atoms with Crippen molar-refractivity contribution in [1.29, 1.82) is 5.41 Å². The Kier molecular flexibility index (Phi) is 4.81. The number of hydrogen-bond donors (Lipinski definition) is 1. The van der Waals surface area contributed by atoms with Gasteiger partial charge in [-0.15, -0.1) is 0 Å². The first-order chi connectivity index (χ1) is 15.9. The van der Waals surface area contributed by atoms with Crippen LogP contribution in [0.15, 0.2) is 49.1 Å². The normalized spacial score (nSPS) is 11.3. The van der Waals surface area contributed by atoms with Crippen molar-refractivity contribution in [2.45, 2.75) is 6.92 Å². The van der Waals surface area contributed by atoms with Crippen molar-refractivity contribution in [1.82, 2.24) is 24.1 Å². The molecule has 3 heterocycles. The highest BCUT2D eigenvalue weighted by molar-refractivity contribution is 6.04. The Morgan fingerprint density at radius 1 is 1.00 bits per heavy atom. The average Bonchev–Trinajstić information content (AvgIpc) is 3.08. The highest BCUT2D eigenvalue weighted by Crippen LogP contribution is 2.37. The van der Waals surface area contributed by atoms with E-state index in [4.69, 9.17) is 14.9 Å². The maximum Gasteiger partial charge on any atom is 0.207 e. The van der Waals surface area contributed by atoms with E-state index in [1.54, 1.807) is 23.0 Å². The van der Waals surface area contributed by atoms with Crippen LogP contribution >= 0.6 is 0 Å². The second-order valence-corrected chi connectivity index (χ2v) is 7.63. The summed E-state index contributed by atoms with van der Waals surface area (Å²) in [5.41, 5.74) is 5.47. The average molecular weight is 444 g/mol. The lowest BCUT2D eigenvalue weighted by Crippen LogP contribution is -2.22. The number of fused-ring (bicyclic) bond motifs is 3. The van der Waals surface area contributed by atoms with Crippen LogP contribution in [0.2, 0.25) is 0 Å². The maximum atomic E-state index is 14.7. The van der Waals surface area contributed by atoms with Gasteiger partial charge in [-0.3, -0.25) is 15.0 Å². The molecule has 8 nitrogen and oxygen atoms in total. The molecule has 0 fully saturated rings. The van der Waals surface area contributed by atoms with Gasteiger partial charge in [0.1, 0.15) is 6.33 Å². The Bertz CT molecular complexity index is 1600. The highest BCUT2D eigenvalue weighted by Gasteiger charge is 2.18. The predicted octanol–water partition coefficient (Wildman–Crippen LogP) is 3.92. The van der Waals surface area contributed by atoms with Crippen LogP contribution in [0.5, 0.6) is 11.5 Å². The molecule has 0 aliphatic heterocycles. The van der Waals surface area contributed by atoms with Crippen LogP contribution in [0.1, 0.15) is 5.69 Å². The van der Waals surface area contributed by atoms with Crippen LogP contribution in [0.25, 0.3) is 38.8 Å². The monoisotopic (exact) mass is 444 g/mol. The molecule has 5 aromatic rings. The number of nitrogens with one attached hydrogen (secondary N) is 1. The third kappa shape index (κ3) is 3.12. The third-order valence-corrected chi connectivity index (χ3v) is 5.83. The minimum absolute atomic E-state index is 0.0606. The standard InChI is InChI=1S/C24H21FN6O2/c1-13-19(10-27-12-29-13)31-22-16-7-14(15-8-17(25)23(33-4)21(9-15)32-3)5-6-18(16)28-11-20(22)30(2)24(31)26/h5-12,26H,1-4H3. The van der Waals surface area contributed by atoms with Gasteiger partial charge in [0.25, 0.3) is 0 Å². The number of hydrogen-bond acceptors (Lipinski definition) is 6. The van der Waals surface area contributed by atoms with E-state index in [1.165, 1.54) is 26.6 Å². The van der Waals surface area contributed by atoms with Crippen LogP contribution in [-0.4, -0.2) is 38.3 Å². The molecule has 2 aromatic carbocycles. The van der Waals surface area contributed by atoms with Gasteiger partial charge in [-0.25, -0.2) is 14.4 Å². The number of halogens is 1. The number of methoxy groups -OCH3 is 2. The second kappa shape index (κ2) is 7.70. The zero-order valence-corrected chi connectivity index (χ0v) is 18.5. The molecular formula is C24H21FN6O2. The number of benzene rings is 2. The molecule has 0 saturated carbocycles. The fraction of sp³-hybridized carbons (Fsp3) is 0.167. The number of pyridine rings is 1. The van der Waals surface area contributed by atoms with Gasteiger partial charge in [-0.2, -0.15) is 0 Å². The summed E-state index contributed by atoms with van der Waals surface area (Å²) in [4.78, 5) is 13.0. The Labute approximate surface area is 188 Å². The van der Waals surface area contributed by atoms with Crippen LogP contribution in [0.4, 0.5) is 4.39 Å². The van der Waals surface area contributed by atoms with Gasteiger partial charge in [-0.05, 0) is 42.3 Å². The third-order valence-electron chi connectivity index (χ3n) is 5.83. The summed E-state index contributed by atoms with van der Waals surface area (Å²) in [6.07, 6.45) is 4.93. The number of imidazole rings is 1. The van der Waals surface area contributed by atoms with E-state index < -0.39 is 5.82 Å². The first kappa shape index (κ1) is 20.6. The van der Waals surface area contributed by atoms with E-state index in [1.807, 2.05) is 36.7 Å². The summed E-state index contributed by atoms with van der Waals surface area (Å²) in [5, 5.41) is 9.56. The number of ether oxygens (including phenoxy) is 2. The summed E-state index contributed by atoms with van der Waals surface area (Å²) < 4.78 is 28.7. The van der Waals surface area contributed by atoms with Crippen molar-refractivity contribution in [2.24, 2.45) is 7.05 Å². The van der Waals surface area contributed by atoms with Crippen LogP contribution in [0, 0.1) is 18.2 Å². The fourth-order valence-electron chi connectivity index (χ4n) is 4.12. The van der Waals surface area contributed by atoms with Crippen molar-refractivity contribution in [2.75, 3.05) is 14.2 Å². The minimum Gasteiger partial charge on any atom is -0.493 e. The van der Waals surface area contributed by atoms with Gasteiger partial charge in [0.05, 0.1) is 54.5 Å². The molecule has 5 rings (SSSR count). The van der Waals surface area contributed by atoms with Crippen LogP contribution < -0.4 is 15.1 Å². The lowest BCUT2D eigenvalue weighted by molar-refractivity contribution is 0.338. The van der Waals surface area contributed by atoms with Crippen LogP contribution in [-0.2, 0) is 7.05 Å². The minimum atomic E-state index is -0.511. The van der Waals surface area contributed by atoms with Crippen molar-refractivity contribution in [3.63, 3.8) is 0 Å². The van der Waals surface area contributed by atoms with Gasteiger partial charge in [0.2, 0.25) is 5.62 Å². The summed E-state index contributed by atoms with van der Waals surface area (Å²) in [7, 11) is 4.70. The molecule has 0 aliphatic rings. The number of aromatic nitrogens is 5. The quantitative estimate of drug-likeness (QED) is 0.454. The van der Waals surface area contributed by atoms with Crippen molar-refractivity contribution < 1.29 is 13.9 Å². The van der Waals surface area contributed by atoms with Crippen molar-refractivity contribution >= 4 is 21.9 Å². The van der Waals surface area contributed by atoms with Gasteiger partial charge in [-0.1, -0.05) is 6.07 Å². The summed E-state index contributed by atoms with van der Waals surface area (Å²) in [5.74, 6) is -0.141. The molecule has 166 valence electrons. The first-order valence-corrected chi connectivity index (χ1v) is 10.2. The van der Waals surface area contributed by atoms with Gasteiger partial charge in [0, 0.05) is 12.4 Å². The Morgan fingerprint density at radius 2 is 1.82 bits per heavy atom. The SMILES string of the molecule is COc1cc(-c2ccc3ncc4c(c3c2)n(-c2cncnc2C)c(=N)n4C)cc(F)c1OC. The Morgan fingerprint density at radius 3 is 2.55 bits per heavy atom. The molecule has 33 heavy (non-hydrogen) atoms. The largest absolute Gasteiger partial charge is 0.493 e. The topological polar surface area (TPSA) is 90.8 Å². The number of aryl methyl sites for hydroxylation is 2. The molecule has 3 aromatic heterocycles. The van der Waals surface area contributed by atoms with E-state index in [0.29, 0.717) is 17.0 Å². The van der Waals surface area contributed by atoms with Crippen molar-refractivity contribution in [3.8, 4) is 28.3 Å². The van der Waals surface area contributed by atoms with Crippen LogP contribution in [0.3, 0.4) is 0 Å². The number of rotatable bonds is 4. The first-order valence-electron chi connectivity index (χ1n) is 10.2. The molecule has 0 spiro atoms. The molecule has 0 unspecified atom stereocenters. The predicted molar refractivity (Wildman–Crippen MR) is 122 cm³/mol. The maximum absolute atomic E-state index is 14.7. The van der Waals surface area contributed by atoms with Gasteiger partial charge in [0.15, 0.2) is 17.3 Å². The second-order valence-electron chi connectivity index (χ2n) is 7.63. The Hall–Kier alpha value is -4.27. The molecule has 0 bridgehead atoms. The molecule has 9 heteroatoms. The molecule has 0 aliphatic carbocycles. The van der Waals surface area contributed by atoms with Gasteiger partial charge >= 0.3 is 0 Å². The molecule has 1 N–H and O–H groups in total. The zero-order chi connectivity index (χ0) is 23.3. The smallest absolute Gasteiger partial charge is 0.207 e. The number of nitrogens with zero attached hydrogens (tertiary/aromatic N) is 5.